The predicted octanol–water partition coefficient (Wildman–Crippen LogP) is 0.988. The van der Waals surface area contributed by atoms with E-state index in [1.807, 2.05) is 22.4 Å². The van der Waals surface area contributed by atoms with Crippen molar-refractivity contribution >= 4 is 12.2 Å². The Morgan fingerprint density at radius 1 is 1.56 bits per heavy atom. The highest BCUT2D eigenvalue weighted by Crippen LogP contribution is 2.13. The Morgan fingerprint density at radius 3 is 3.00 bits per heavy atom. The summed E-state index contributed by atoms with van der Waals surface area (Å²) in [6.45, 7) is 1.26. The van der Waals surface area contributed by atoms with E-state index >= 15 is 0 Å². The lowest BCUT2D eigenvalue weighted by atomic mass is 10.4. The van der Waals surface area contributed by atoms with E-state index in [0.717, 1.165) is 11.5 Å². The molecule has 2 aromatic heterocycles. The number of ether oxygens (including phenoxy) is 1. The summed E-state index contributed by atoms with van der Waals surface area (Å²) in [4.78, 5) is 4.24. The van der Waals surface area contributed by atoms with Crippen molar-refractivity contribution in [2.45, 2.75) is 6.54 Å². The van der Waals surface area contributed by atoms with Crippen LogP contribution in [-0.2, 0) is 18.3 Å². The van der Waals surface area contributed by atoms with Crippen LogP contribution in [-0.4, -0.2) is 38.0 Å². The third-order valence-corrected chi connectivity index (χ3v) is 2.52. The van der Waals surface area contributed by atoms with Crippen LogP contribution in [0.5, 0.6) is 0 Å². The molecule has 0 amide bonds. The van der Waals surface area contributed by atoms with Gasteiger partial charge in [0.05, 0.1) is 19.5 Å². The largest absolute Gasteiger partial charge is 0.383 e. The maximum absolute atomic E-state index is 5.15. The number of hydrogen-bond donors (Lipinski definition) is 1. The highest BCUT2D eigenvalue weighted by Gasteiger charge is 2.10. The summed E-state index contributed by atoms with van der Waals surface area (Å²) in [5, 5.41) is 6.93. The summed E-state index contributed by atoms with van der Waals surface area (Å²) in [7, 11) is 3.57. The fraction of sp³-hybridized carbons (Fsp3) is 0.444. The van der Waals surface area contributed by atoms with Crippen molar-refractivity contribution in [3.8, 4) is 11.5 Å². The summed E-state index contributed by atoms with van der Waals surface area (Å²) in [6.07, 6.45) is 3.63. The van der Waals surface area contributed by atoms with E-state index in [2.05, 4.69) is 15.2 Å². The molecule has 0 unspecified atom stereocenters. The quantitative estimate of drug-likeness (QED) is 0.808. The molecule has 0 saturated carbocycles. The van der Waals surface area contributed by atoms with Crippen molar-refractivity contribution in [2.75, 3.05) is 13.7 Å². The third-order valence-electron chi connectivity index (χ3n) is 2.21. The van der Waals surface area contributed by atoms with Crippen LogP contribution in [0.4, 0.5) is 0 Å². The van der Waals surface area contributed by atoms with E-state index in [0.29, 0.717) is 17.9 Å². The van der Waals surface area contributed by atoms with Gasteiger partial charge in [-0.05, 0) is 12.2 Å². The molecule has 7 heteroatoms. The van der Waals surface area contributed by atoms with E-state index in [-0.39, 0.29) is 0 Å². The molecule has 6 nitrogen and oxygen atoms in total. The molecule has 0 bridgehead atoms. The molecule has 0 radical (unpaired) electrons. The molecule has 86 valence electrons. The molecule has 0 aliphatic heterocycles. The Hall–Kier alpha value is -1.47. The highest BCUT2D eigenvalue weighted by atomic mass is 32.1. The predicted molar refractivity (Wildman–Crippen MR) is 61.5 cm³/mol. The zero-order valence-corrected chi connectivity index (χ0v) is 9.99. The zero-order chi connectivity index (χ0) is 11.5. The molecule has 0 aliphatic rings. The third kappa shape index (κ3) is 2.05. The van der Waals surface area contributed by atoms with Crippen LogP contribution >= 0.6 is 12.2 Å². The number of nitrogens with zero attached hydrogens (tertiary/aromatic N) is 4. The van der Waals surface area contributed by atoms with Crippen LogP contribution in [0.15, 0.2) is 12.5 Å². The molecule has 0 saturated heterocycles. The van der Waals surface area contributed by atoms with Crippen LogP contribution in [0.25, 0.3) is 11.5 Å². The summed E-state index contributed by atoms with van der Waals surface area (Å²) in [6, 6.07) is 0. The first-order valence-corrected chi connectivity index (χ1v) is 5.25. The second-order valence-corrected chi connectivity index (χ2v) is 3.81. The van der Waals surface area contributed by atoms with Gasteiger partial charge in [0.25, 0.3) is 0 Å². The summed E-state index contributed by atoms with van der Waals surface area (Å²) in [5.41, 5.74) is 0.797. The van der Waals surface area contributed by atoms with Gasteiger partial charge in [0.2, 0.25) is 0 Å². The first-order chi connectivity index (χ1) is 7.72. The van der Waals surface area contributed by atoms with Crippen molar-refractivity contribution in [1.29, 1.82) is 0 Å². The molecular formula is C9H13N5OS. The number of aromatic nitrogens is 5. The number of H-pyrrole nitrogens is 1. The molecule has 1 N–H and O–H groups in total. The first kappa shape index (κ1) is 11.0. The van der Waals surface area contributed by atoms with Crippen LogP contribution < -0.4 is 0 Å². The lowest BCUT2D eigenvalue weighted by Gasteiger charge is -2.03. The molecule has 0 fully saturated rings. The van der Waals surface area contributed by atoms with Crippen LogP contribution in [0.1, 0.15) is 0 Å². The smallest absolute Gasteiger partial charge is 0.195 e. The van der Waals surface area contributed by atoms with Gasteiger partial charge in [-0.2, -0.15) is 5.10 Å². The van der Waals surface area contributed by atoms with Gasteiger partial charge in [-0.1, -0.05) is 0 Å². The van der Waals surface area contributed by atoms with E-state index < -0.39 is 0 Å². The molecule has 0 spiro atoms. The van der Waals surface area contributed by atoms with Crippen molar-refractivity contribution < 1.29 is 4.74 Å². The Balaban J connectivity index is 2.37. The second kappa shape index (κ2) is 4.58. The summed E-state index contributed by atoms with van der Waals surface area (Å²) >= 11 is 5.15. The van der Waals surface area contributed by atoms with Gasteiger partial charge in [-0.3, -0.25) is 9.67 Å². The normalized spacial score (nSPS) is 10.9. The average Bonchev–Trinajstić information content (AvgIpc) is 2.82. The SMILES string of the molecule is COCCn1c(-c2cn(C)cn2)n[nH]c1=S. The number of nitrogens with one attached hydrogen (secondary N) is 1. The molecule has 2 heterocycles. The first-order valence-electron chi connectivity index (χ1n) is 4.85. The topological polar surface area (TPSA) is 60.7 Å². The Bertz CT molecular complexity index is 526. The van der Waals surface area contributed by atoms with E-state index in [9.17, 15) is 0 Å². The van der Waals surface area contributed by atoms with Crippen LogP contribution in [0.3, 0.4) is 0 Å². The number of aryl methyl sites for hydroxylation is 1. The fourth-order valence-corrected chi connectivity index (χ4v) is 1.65. The molecule has 2 aromatic rings. The number of methoxy groups -OCH3 is 1. The molecule has 0 atom stereocenters. The minimum atomic E-state index is 0.581. The minimum Gasteiger partial charge on any atom is -0.383 e. The van der Waals surface area contributed by atoms with Crippen molar-refractivity contribution in [3.63, 3.8) is 0 Å². The van der Waals surface area contributed by atoms with E-state index in [1.165, 1.54) is 0 Å². The lowest BCUT2D eigenvalue weighted by Crippen LogP contribution is -2.06. The number of imidazole rings is 1. The fourth-order valence-electron chi connectivity index (χ4n) is 1.43. The molecule has 0 aliphatic carbocycles. The Labute approximate surface area is 97.9 Å². The second-order valence-electron chi connectivity index (χ2n) is 3.42. The molecule has 0 aromatic carbocycles. The van der Waals surface area contributed by atoms with Gasteiger partial charge in [0, 0.05) is 20.4 Å². The lowest BCUT2D eigenvalue weighted by molar-refractivity contribution is 0.187. The maximum Gasteiger partial charge on any atom is 0.195 e. The van der Waals surface area contributed by atoms with Gasteiger partial charge in [0.15, 0.2) is 10.6 Å². The van der Waals surface area contributed by atoms with Crippen molar-refractivity contribution in [1.82, 2.24) is 24.3 Å². The van der Waals surface area contributed by atoms with Gasteiger partial charge in [-0.25, -0.2) is 4.98 Å². The van der Waals surface area contributed by atoms with Gasteiger partial charge >= 0.3 is 0 Å². The average molecular weight is 239 g/mol. The van der Waals surface area contributed by atoms with Crippen molar-refractivity contribution in [2.24, 2.45) is 7.05 Å². The summed E-state index contributed by atoms with van der Waals surface area (Å²) < 4.78 is 9.36. The highest BCUT2D eigenvalue weighted by molar-refractivity contribution is 7.71. The standard InChI is InChI=1S/C9H13N5OS/c1-13-5-7(10-6-13)8-11-12-9(16)14(8)3-4-15-2/h5-6H,3-4H2,1-2H3,(H,12,16). The van der Waals surface area contributed by atoms with E-state index in [1.54, 1.807) is 13.4 Å². The Kier molecular flexibility index (Phi) is 3.16. The van der Waals surface area contributed by atoms with Gasteiger partial charge < -0.3 is 9.30 Å². The van der Waals surface area contributed by atoms with E-state index in [4.69, 9.17) is 17.0 Å². The number of hydrogen-bond acceptors (Lipinski definition) is 4. The van der Waals surface area contributed by atoms with Crippen molar-refractivity contribution in [3.05, 3.63) is 17.3 Å². The zero-order valence-electron chi connectivity index (χ0n) is 9.17. The van der Waals surface area contributed by atoms with Crippen LogP contribution in [0.2, 0.25) is 0 Å². The van der Waals surface area contributed by atoms with Gasteiger partial charge in [-0.15, -0.1) is 0 Å². The monoisotopic (exact) mass is 239 g/mol. The minimum absolute atomic E-state index is 0.581. The maximum atomic E-state index is 5.15. The number of rotatable bonds is 4. The van der Waals surface area contributed by atoms with Crippen LogP contribution in [0, 0.1) is 4.77 Å². The Morgan fingerprint density at radius 2 is 2.38 bits per heavy atom. The molecule has 2 rings (SSSR count). The van der Waals surface area contributed by atoms with Gasteiger partial charge in [0.1, 0.15) is 5.69 Å². The molecular weight excluding hydrogens is 226 g/mol. The number of aromatic amines is 1. The summed E-state index contributed by atoms with van der Waals surface area (Å²) in [5.74, 6) is 0.739. The molecule has 16 heavy (non-hydrogen) atoms.